The number of hydrogen-bond acceptors (Lipinski definition) is 10. The second kappa shape index (κ2) is 15.6. The first-order valence-corrected chi connectivity index (χ1v) is 16.1. The lowest BCUT2D eigenvalue weighted by Crippen LogP contribution is -2.50. The maximum absolute atomic E-state index is 9.87. The van der Waals surface area contributed by atoms with E-state index in [0.29, 0.717) is 51.7 Å². The SMILES string of the molecule is COC(O)CC1CCN(Cc2cc(Oc3cnc(N4CCN(C(C)CCO)CC4)nc3)nc(-c3cc(Cl)cc(Cl)c3)c2)CC1. The number of piperazine rings is 1. The Kier molecular flexibility index (Phi) is 11.7. The van der Waals surface area contributed by atoms with Crippen molar-refractivity contribution in [1.29, 1.82) is 0 Å². The van der Waals surface area contributed by atoms with Crippen molar-refractivity contribution >= 4 is 29.2 Å². The second-order valence-corrected chi connectivity index (χ2v) is 12.6. The normalized spacial score (nSPS) is 18.4. The van der Waals surface area contributed by atoms with E-state index < -0.39 is 6.29 Å². The molecule has 0 bridgehead atoms. The van der Waals surface area contributed by atoms with E-state index in [0.717, 1.165) is 76.2 Å². The van der Waals surface area contributed by atoms with Crippen LogP contribution in [0.15, 0.2) is 42.7 Å². The number of aliphatic hydroxyl groups excluding tert-OH is 2. The van der Waals surface area contributed by atoms with Crippen LogP contribution >= 0.6 is 23.2 Å². The molecule has 2 atom stereocenters. The fourth-order valence-electron chi connectivity index (χ4n) is 5.95. The molecule has 2 fully saturated rings. The average molecular weight is 646 g/mol. The highest BCUT2D eigenvalue weighted by atomic mass is 35.5. The highest BCUT2D eigenvalue weighted by Crippen LogP contribution is 2.31. The standard InChI is InChI=1S/C32H42Cl2N6O4/c1-22(5-12-41)39-8-10-40(11-9-39)32-35-19-28(20-36-32)44-30-14-24(13-29(37-30)25-16-26(33)18-27(34)17-25)21-38-6-3-23(4-7-38)15-31(42)43-2/h13-14,16-20,22-23,31,41-42H,3-12,15,21H2,1-2H3. The van der Waals surface area contributed by atoms with Crippen LogP contribution in [0.25, 0.3) is 11.3 Å². The van der Waals surface area contributed by atoms with Crippen LogP contribution in [0.2, 0.25) is 10.0 Å². The Balaban J connectivity index is 1.28. The summed E-state index contributed by atoms with van der Waals surface area (Å²) in [5.74, 6) is 2.06. The van der Waals surface area contributed by atoms with E-state index in [9.17, 15) is 10.2 Å². The maximum atomic E-state index is 9.87. The summed E-state index contributed by atoms with van der Waals surface area (Å²) < 4.78 is 11.3. The van der Waals surface area contributed by atoms with E-state index in [1.807, 2.05) is 18.2 Å². The van der Waals surface area contributed by atoms with E-state index >= 15 is 0 Å². The summed E-state index contributed by atoms with van der Waals surface area (Å²) in [4.78, 5) is 20.9. The lowest BCUT2D eigenvalue weighted by Gasteiger charge is -2.37. The van der Waals surface area contributed by atoms with Crippen molar-refractivity contribution in [3.63, 3.8) is 0 Å². The van der Waals surface area contributed by atoms with Crippen molar-refractivity contribution in [2.75, 3.05) is 57.9 Å². The van der Waals surface area contributed by atoms with Gasteiger partial charge in [0.05, 0.1) is 18.1 Å². The zero-order chi connectivity index (χ0) is 31.1. The van der Waals surface area contributed by atoms with Gasteiger partial charge in [-0.1, -0.05) is 23.2 Å². The summed E-state index contributed by atoms with van der Waals surface area (Å²) in [6.07, 6.45) is 6.13. The van der Waals surface area contributed by atoms with Gasteiger partial charge in [0, 0.05) is 80.6 Å². The topological polar surface area (TPSA) is 107 Å². The molecule has 2 aliphatic heterocycles. The summed E-state index contributed by atoms with van der Waals surface area (Å²) in [5.41, 5.74) is 2.58. The fourth-order valence-corrected chi connectivity index (χ4v) is 6.48. The third kappa shape index (κ3) is 9.00. The molecular weight excluding hydrogens is 603 g/mol. The number of piperidine rings is 1. The highest BCUT2D eigenvalue weighted by Gasteiger charge is 2.24. The maximum Gasteiger partial charge on any atom is 0.225 e. The molecule has 2 aliphatic rings. The lowest BCUT2D eigenvalue weighted by atomic mass is 9.93. The number of nitrogens with zero attached hydrogens (tertiary/aromatic N) is 6. The molecule has 10 nitrogen and oxygen atoms in total. The molecule has 0 radical (unpaired) electrons. The van der Waals surface area contributed by atoms with E-state index in [2.05, 4.69) is 37.7 Å². The molecule has 5 rings (SSSR count). The third-order valence-corrected chi connectivity index (χ3v) is 8.98. The van der Waals surface area contributed by atoms with E-state index in [1.165, 1.54) is 0 Å². The number of methoxy groups -OCH3 is 1. The number of hydrogen-bond donors (Lipinski definition) is 2. The van der Waals surface area contributed by atoms with Crippen LogP contribution in [-0.4, -0.2) is 100 Å². The fraction of sp³-hybridized carbons (Fsp3) is 0.531. The van der Waals surface area contributed by atoms with Gasteiger partial charge in [0.1, 0.15) is 0 Å². The van der Waals surface area contributed by atoms with Gasteiger partial charge >= 0.3 is 0 Å². The van der Waals surface area contributed by atoms with Gasteiger partial charge in [-0.2, -0.15) is 0 Å². The van der Waals surface area contributed by atoms with Gasteiger partial charge in [-0.3, -0.25) is 9.80 Å². The minimum Gasteiger partial charge on any atom is -0.436 e. The Morgan fingerprint density at radius 3 is 2.27 bits per heavy atom. The molecule has 0 saturated carbocycles. The van der Waals surface area contributed by atoms with Crippen LogP contribution in [0.3, 0.4) is 0 Å². The summed E-state index contributed by atoms with van der Waals surface area (Å²) in [7, 11) is 1.54. The number of aromatic nitrogens is 3. The number of benzene rings is 1. The van der Waals surface area contributed by atoms with Gasteiger partial charge in [0.25, 0.3) is 0 Å². The zero-order valence-corrected chi connectivity index (χ0v) is 26.9. The number of rotatable bonds is 12. The quantitative estimate of drug-likeness (QED) is 0.259. The molecule has 12 heteroatoms. The van der Waals surface area contributed by atoms with Crippen molar-refractivity contribution in [3.8, 4) is 22.9 Å². The van der Waals surface area contributed by atoms with Crippen molar-refractivity contribution in [1.82, 2.24) is 24.8 Å². The third-order valence-electron chi connectivity index (χ3n) is 8.54. The number of likely N-dealkylation sites (tertiary alicyclic amines) is 1. The van der Waals surface area contributed by atoms with E-state index in [4.69, 9.17) is 37.7 Å². The first-order chi connectivity index (χ1) is 21.3. The number of halogens is 2. The van der Waals surface area contributed by atoms with Gasteiger partial charge in [0.15, 0.2) is 12.0 Å². The van der Waals surface area contributed by atoms with Crippen molar-refractivity contribution in [2.45, 2.75) is 51.5 Å². The predicted octanol–water partition coefficient (Wildman–Crippen LogP) is 5.10. The summed E-state index contributed by atoms with van der Waals surface area (Å²) in [6.45, 7) is 8.43. The van der Waals surface area contributed by atoms with E-state index in [-0.39, 0.29) is 6.61 Å². The Hall–Kier alpha value is -2.57. The number of aliphatic hydroxyl groups is 2. The van der Waals surface area contributed by atoms with Crippen LogP contribution in [0.1, 0.15) is 38.2 Å². The number of ether oxygens (including phenoxy) is 2. The Morgan fingerprint density at radius 1 is 0.955 bits per heavy atom. The predicted molar refractivity (Wildman–Crippen MR) is 172 cm³/mol. The van der Waals surface area contributed by atoms with Gasteiger partial charge in [-0.15, -0.1) is 0 Å². The Bertz CT molecular complexity index is 1330. The van der Waals surface area contributed by atoms with Crippen molar-refractivity contribution < 1.29 is 19.7 Å². The molecule has 2 unspecified atom stereocenters. The van der Waals surface area contributed by atoms with Crippen LogP contribution in [0.5, 0.6) is 11.6 Å². The molecular formula is C32H42Cl2N6O4. The monoisotopic (exact) mass is 644 g/mol. The van der Waals surface area contributed by atoms with Crippen LogP contribution in [0.4, 0.5) is 5.95 Å². The largest absolute Gasteiger partial charge is 0.436 e. The first-order valence-electron chi connectivity index (χ1n) is 15.3. The molecule has 0 aliphatic carbocycles. The summed E-state index contributed by atoms with van der Waals surface area (Å²) in [6, 6.07) is 9.76. The number of anilines is 1. The lowest BCUT2D eigenvalue weighted by molar-refractivity contribution is -0.0910. The summed E-state index contributed by atoms with van der Waals surface area (Å²) >= 11 is 12.7. The second-order valence-electron chi connectivity index (χ2n) is 11.7. The van der Waals surface area contributed by atoms with Gasteiger partial charge in [-0.25, -0.2) is 15.0 Å². The molecule has 1 aromatic carbocycles. The molecule has 0 spiro atoms. The average Bonchev–Trinajstić information content (AvgIpc) is 3.02. The molecule has 3 aromatic rings. The molecule has 2 saturated heterocycles. The van der Waals surface area contributed by atoms with Crippen LogP contribution < -0.4 is 9.64 Å². The minimum absolute atomic E-state index is 0.206. The Morgan fingerprint density at radius 2 is 1.64 bits per heavy atom. The number of pyridine rings is 1. The highest BCUT2D eigenvalue weighted by molar-refractivity contribution is 6.35. The Labute approximate surface area is 269 Å². The van der Waals surface area contributed by atoms with Gasteiger partial charge in [0.2, 0.25) is 11.8 Å². The first kappa shape index (κ1) is 32.8. The molecule has 2 N–H and O–H groups in total. The minimum atomic E-state index is -0.701. The van der Waals surface area contributed by atoms with Crippen LogP contribution in [-0.2, 0) is 11.3 Å². The molecule has 238 valence electrons. The summed E-state index contributed by atoms with van der Waals surface area (Å²) in [5, 5.41) is 20.2. The molecule has 2 aromatic heterocycles. The van der Waals surface area contributed by atoms with E-state index in [1.54, 1.807) is 25.6 Å². The van der Waals surface area contributed by atoms with Crippen molar-refractivity contribution in [2.24, 2.45) is 5.92 Å². The van der Waals surface area contributed by atoms with Gasteiger partial charge in [-0.05, 0) is 75.0 Å². The van der Waals surface area contributed by atoms with Crippen LogP contribution in [0, 0.1) is 5.92 Å². The molecule has 4 heterocycles. The van der Waals surface area contributed by atoms with Crippen molar-refractivity contribution in [3.05, 3.63) is 58.3 Å². The molecule has 0 amide bonds. The van der Waals surface area contributed by atoms with Gasteiger partial charge < -0.3 is 24.6 Å². The zero-order valence-electron chi connectivity index (χ0n) is 25.4. The molecule has 44 heavy (non-hydrogen) atoms. The smallest absolute Gasteiger partial charge is 0.225 e.